The van der Waals surface area contributed by atoms with Crippen LogP contribution in [-0.2, 0) is 0 Å². The average Bonchev–Trinajstić information content (AvgIpc) is 3.02. The molecule has 0 saturated heterocycles. The van der Waals surface area contributed by atoms with Gasteiger partial charge in [-0.25, -0.2) is 0 Å². The zero-order valence-electron chi connectivity index (χ0n) is 9.24. The van der Waals surface area contributed by atoms with Crippen LogP contribution in [0.2, 0.25) is 0 Å². The second-order valence-corrected chi connectivity index (χ2v) is 3.65. The second-order valence-electron chi connectivity index (χ2n) is 3.65. The number of nitrogens with zero attached hydrogens (tertiary/aromatic N) is 1. The highest BCUT2D eigenvalue weighted by atomic mass is 16.6. The van der Waals surface area contributed by atoms with Gasteiger partial charge in [0.05, 0.1) is 11.0 Å². The molecule has 18 heavy (non-hydrogen) atoms. The summed E-state index contributed by atoms with van der Waals surface area (Å²) in [5, 5.41) is 20.6. The Morgan fingerprint density at radius 2 is 1.61 bits per heavy atom. The molecule has 0 radical (unpaired) electrons. The molecule has 0 saturated carbocycles. The highest BCUT2D eigenvalue weighted by molar-refractivity contribution is 5.96. The summed E-state index contributed by atoms with van der Waals surface area (Å²) < 4.78 is 0. The van der Waals surface area contributed by atoms with E-state index in [2.05, 4.69) is 0 Å². The molecule has 3 rings (SSSR count). The molecule has 0 fully saturated rings. The molecule has 0 aromatic heterocycles. The molecule has 90 valence electrons. The molecule has 0 atom stereocenters. The molecule has 0 heterocycles. The van der Waals surface area contributed by atoms with Crippen LogP contribution >= 0.6 is 0 Å². The summed E-state index contributed by atoms with van der Waals surface area (Å²) in [6.07, 6.45) is 0. The van der Waals surface area contributed by atoms with E-state index in [1.54, 1.807) is 0 Å². The SMILES string of the molecule is O=[N+]([O-])c1cccc(O)c1.O=c1c2ccccc12. The van der Waals surface area contributed by atoms with E-state index in [0.29, 0.717) is 0 Å². The first-order valence-corrected chi connectivity index (χ1v) is 5.17. The van der Waals surface area contributed by atoms with E-state index >= 15 is 0 Å². The third-order valence-electron chi connectivity index (χ3n) is 2.39. The van der Waals surface area contributed by atoms with Gasteiger partial charge in [0.15, 0.2) is 5.43 Å². The molecule has 3 aromatic carbocycles. The first-order valence-electron chi connectivity index (χ1n) is 5.17. The Labute approximate surface area is 102 Å². The summed E-state index contributed by atoms with van der Waals surface area (Å²) in [5.41, 5.74) is 0.120. The van der Waals surface area contributed by atoms with Crippen molar-refractivity contribution in [3.8, 4) is 5.75 Å². The molecule has 0 amide bonds. The van der Waals surface area contributed by atoms with Crippen LogP contribution in [0.15, 0.2) is 53.3 Å². The second kappa shape index (κ2) is 4.67. The van der Waals surface area contributed by atoms with Gasteiger partial charge in [0.2, 0.25) is 0 Å². The van der Waals surface area contributed by atoms with Crippen molar-refractivity contribution in [2.24, 2.45) is 0 Å². The van der Waals surface area contributed by atoms with E-state index in [9.17, 15) is 14.9 Å². The highest BCUT2D eigenvalue weighted by Gasteiger charge is 2.07. The molecular formula is C13H9NO4. The van der Waals surface area contributed by atoms with Crippen LogP contribution in [0.3, 0.4) is 0 Å². The van der Waals surface area contributed by atoms with Crippen LogP contribution in [0.4, 0.5) is 5.69 Å². The molecule has 1 N–H and O–H groups in total. The molecular weight excluding hydrogens is 234 g/mol. The molecule has 0 aliphatic heterocycles. The molecule has 0 unspecified atom stereocenters. The van der Waals surface area contributed by atoms with Gasteiger partial charge in [0.25, 0.3) is 5.69 Å². The number of hydrogen-bond donors (Lipinski definition) is 1. The van der Waals surface area contributed by atoms with Crippen molar-refractivity contribution < 1.29 is 10.0 Å². The van der Waals surface area contributed by atoms with Crippen LogP contribution in [0.5, 0.6) is 5.75 Å². The monoisotopic (exact) mass is 243 g/mol. The maximum Gasteiger partial charge on any atom is 0.273 e. The lowest BCUT2D eigenvalue weighted by Crippen LogP contribution is -1.85. The first-order chi connectivity index (χ1) is 8.59. The Morgan fingerprint density at radius 1 is 1.00 bits per heavy atom. The summed E-state index contributed by atoms with van der Waals surface area (Å²) in [4.78, 5) is 20.0. The van der Waals surface area contributed by atoms with Crippen molar-refractivity contribution in [3.63, 3.8) is 0 Å². The number of benzene rings is 2. The molecule has 5 nitrogen and oxygen atoms in total. The highest BCUT2D eigenvalue weighted by Crippen LogP contribution is 2.16. The number of hydrogen-bond acceptors (Lipinski definition) is 4. The zero-order chi connectivity index (χ0) is 13.1. The maximum atomic E-state index is 10.5. The number of rotatable bonds is 1. The Balaban J connectivity index is 0.000000136. The Bertz CT molecular complexity index is 680. The molecule has 0 aliphatic carbocycles. The average molecular weight is 243 g/mol. The van der Waals surface area contributed by atoms with Gasteiger partial charge < -0.3 is 5.11 Å². The Morgan fingerprint density at radius 3 is 2.00 bits per heavy atom. The van der Waals surface area contributed by atoms with Gasteiger partial charge in [-0.1, -0.05) is 30.3 Å². The summed E-state index contributed by atoms with van der Waals surface area (Å²) in [6.45, 7) is 0. The van der Waals surface area contributed by atoms with Crippen LogP contribution in [0, 0.1) is 10.1 Å². The van der Waals surface area contributed by atoms with Gasteiger partial charge in [-0.05, 0) is 6.07 Å². The zero-order valence-corrected chi connectivity index (χ0v) is 9.24. The van der Waals surface area contributed by atoms with E-state index in [-0.39, 0.29) is 16.9 Å². The fourth-order valence-electron chi connectivity index (χ4n) is 1.44. The predicted molar refractivity (Wildman–Crippen MR) is 67.4 cm³/mol. The third kappa shape index (κ3) is 2.52. The van der Waals surface area contributed by atoms with Crippen LogP contribution in [0.1, 0.15) is 0 Å². The van der Waals surface area contributed by atoms with Crippen LogP contribution in [0.25, 0.3) is 10.8 Å². The quantitative estimate of drug-likeness (QED) is 0.525. The van der Waals surface area contributed by atoms with Gasteiger partial charge >= 0.3 is 0 Å². The van der Waals surface area contributed by atoms with E-state index < -0.39 is 4.92 Å². The fraction of sp³-hybridized carbons (Fsp3) is 0. The number of phenolic OH excluding ortho intramolecular Hbond substituents is 1. The van der Waals surface area contributed by atoms with Crippen LogP contribution in [-0.4, -0.2) is 10.0 Å². The minimum atomic E-state index is -0.556. The van der Waals surface area contributed by atoms with E-state index in [1.807, 2.05) is 24.3 Å². The van der Waals surface area contributed by atoms with Crippen molar-refractivity contribution >= 4 is 16.5 Å². The van der Waals surface area contributed by atoms with Gasteiger partial charge in [0.1, 0.15) is 5.75 Å². The Hall–Kier alpha value is -2.69. The van der Waals surface area contributed by atoms with Crippen molar-refractivity contribution in [2.75, 3.05) is 0 Å². The number of nitro benzene ring substituents is 1. The van der Waals surface area contributed by atoms with Gasteiger partial charge in [0, 0.05) is 16.8 Å². The fourth-order valence-corrected chi connectivity index (χ4v) is 1.44. The largest absolute Gasteiger partial charge is 0.508 e. The third-order valence-corrected chi connectivity index (χ3v) is 2.39. The lowest BCUT2D eigenvalue weighted by Gasteiger charge is -1.89. The maximum absolute atomic E-state index is 10.5. The van der Waals surface area contributed by atoms with E-state index in [4.69, 9.17) is 5.11 Å². The van der Waals surface area contributed by atoms with Gasteiger partial charge in [-0.3, -0.25) is 14.9 Å². The molecule has 0 aliphatic rings. The standard InChI is InChI=1S/C7H4O.C6H5NO3/c8-7-5-3-1-2-4-6(5)7;8-6-3-1-2-5(4-6)7(9)10/h1-4H;1-4,8H. The topological polar surface area (TPSA) is 80.4 Å². The van der Waals surface area contributed by atoms with E-state index in [1.165, 1.54) is 18.2 Å². The lowest BCUT2D eigenvalue weighted by molar-refractivity contribution is -0.384. The number of phenols is 1. The number of nitro groups is 1. The van der Waals surface area contributed by atoms with Crippen molar-refractivity contribution in [1.82, 2.24) is 0 Å². The minimum absolute atomic E-state index is 0.0887. The molecule has 3 aromatic rings. The van der Waals surface area contributed by atoms with Crippen LogP contribution < -0.4 is 5.43 Å². The number of aromatic hydroxyl groups is 1. The lowest BCUT2D eigenvalue weighted by atomic mass is 10.3. The smallest absolute Gasteiger partial charge is 0.273 e. The Kier molecular flexibility index (Phi) is 3.05. The van der Waals surface area contributed by atoms with Gasteiger partial charge in [-0.15, -0.1) is 0 Å². The number of non-ortho nitro benzene ring substituents is 1. The van der Waals surface area contributed by atoms with Crippen molar-refractivity contribution in [1.29, 1.82) is 0 Å². The number of fused-ring (bicyclic) bond motifs is 1. The van der Waals surface area contributed by atoms with Crippen molar-refractivity contribution in [3.05, 3.63) is 68.9 Å². The molecule has 5 heteroatoms. The summed E-state index contributed by atoms with van der Waals surface area (Å²) in [5.74, 6) is -0.0887. The van der Waals surface area contributed by atoms with Gasteiger partial charge in [-0.2, -0.15) is 0 Å². The van der Waals surface area contributed by atoms with E-state index in [0.717, 1.165) is 16.8 Å². The molecule has 0 bridgehead atoms. The minimum Gasteiger partial charge on any atom is -0.508 e. The van der Waals surface area contributed by atoms with Crippen molar-refractivity contribution in [2.45, 2.75) is 0 Å². The molecule has 0 spiro atoms. The summed E-state index contributed by atoms with van der Waals surface area (Å²) in [7, 11) is 0. The summed E-state index contributed by atoms with van der Waals surface area (Å²) in [6, 6.07) is 12.7. The first kappa shape index (κ1) is 11.8. The normalized spacial score (nSPS) is 10.0. The summed E-state index contributed by atoms with van der Waals surface area (Å²) >= 11 is 0. The predicted octanol–water partition coefficient (Wildman–Crippen LogP) is 2.38.